The standard InChI is InChI=1S/C12H17N3O5/c1-8(2)14(4-5-20-3)11-6-9(12(16)17)10(7-13-11)15(18)19/h6-8H,4-5H2,1-3H3,(H,16,17). The normalized spacial score (nSPS) is 10.6. The van der Waals surface area contributed by atoms with Crippen molar-refractivity contribution in [2.24, 2.45) is 0 Å². The van der Waals surface area contributed by atoms with Crippen LogP contribution in [0.25, 0.3) is 0 Å². The molecule has 1 aromatic heterocycles. The first-order chi connectivity index (χ1) is 9.38. The number of carboxylic acids is 1. The molecule has 110 valence electrons. The second kappa shape index (κ2) is 6.80. The largest absolute Gasteiger partial charge is 0.477 e. The molecule has 1 aromatic rings. The minimum Gasteiger partial charge on any atom is -0.477 e. The van der Waals surface area contributed by atoms with Crippen LogP contribution in [0.1, 0.15) is 24.2 Å². The third-order valence-electron chi connectivity index (χ3n) is 2.75. The number of hydrogen-bond donors (Lipinski definition) is 1. The number of aromatic carboxylic acids is 1. The Morgan fingerprint density at radius 2 is 2.25 bits per heavy atom. The van der Waals surface area contributed by atoms with Crippen LogP contribution in [-0.4, -0.2) is 47.3 Å². The maximum atomic E-state index is 11.1. The first-order valence-electron chi connectivity index (χ1n) is 6.01. The van der Waals surface area contributed by atoms with Crippen molar-refractivity contribution in [1.29, 1.82) is 0 Å². The summed E-state index contributed by atoms with van der Waals surface area (Å²) in [4.78, 5) is 26.9. The van der Waals surface area contributed by atoms with Gasteiger partial charge in [0.05, 0.1) is 11.5 Å². The molecule has 0 amide bonds. The van der Waals surface area contributed by atoms with Gasteiger partial charge in [0, 0.05) is 25.8 Å². The summed E-state index contributed by atoms with van der Waals surface area (Å²) in [7, 11) is 1.56. The van der Waals surface area contributed by atoms with E-state index in [9.17, 15) is 14.9 Å². The van der Waals surface area contributed by atoms with Crippen molar-refractivity contribution in [2.45, 2.75) is 19.9 Å². The van der Waals surface area contributed by atoms with Gasteiger partial charge in [-0.05, 0) is 13.8 Å². The monoisotopic (exact) mass is 283 g/mol. The third-order valence-corrected chi connectivity index (χ3v) is 2.75. The molecule has 0 spiro atoms. The number of hydrogen-bond acceptors (Lipinski definition) is 6. The maximum absolute atomic E-state index is 11.1. The Labute approximate surface area is 116 Å². The number of nitrogens with zero attached hydrogens (tertiary/aromatic N) is 3. The lowest BCUT2D eigenvalue weighted by molar-refractivity contribution is -0.385. The highest BCUT2D eigenvalue weighted by Crippen LogP contribution is 2.23. The fourth-order valence-corrected chi connectivity index (χ4v) is 1.74. The first kappa shape index (κ1) is 15.8. The van der Waals surface area contributed by atoms with Gasteiger partial charge in [-0.2, -0.15) is 0 Å². The average molecular weight is 283 g/mol. The Kier molecular flexibility index (Phi) is 5.39. The molecule has 0 unspecified atom stereocenters. The molecule has 0 aliphatic rings. The molecule has 0 aromatic carbocycles. The summed E-state index contributed by atoms with van der Waals surface area (Å²) >= 11 is 0. The fourth-order valence-electron chi connectivity index (χ4n) is 1.74. The van der Waals surface area contributed by atoms with Gasteiger partial charge in [0.25, 0.3) is 0 Å². The van der Waals surface area contributed by atoms with Crippen LogP contribution >= 0.6 is 0 Å². The summed E-state index contributed by atoms with van der Waals surface area (Å²) in [6, 6.07) is 1.27. The van der Waals surface area contributed by atoms with Crippen LogP contribution in [0.3, 0.4) is 0 Å². The molecule has 0 atom stereocenters. The van der Waals surface area contributed by atoms with Crippen molar-refractivity contribution in [3.05, 3.63) is 27.9 Å². The SMILES string of the molecule is COCCN(c1cc(C(=O)O)c([N+](=O)[O-])cn1)C(C)C. The highest BCUT2D eigenvalue weighted by atomic mass is 16.6. The smallest absolute Gasteiger partial charge is 0.342 e. The molecule has 0 radical (unpaired) electrons. The van der Waals surface area contributed by atoms with Gasteiger partial charge in [0.15, 0.2) is 0 Å². The Morgan fingerprint density at radius 3 is 2.70 bits per heavy atom. The lowest BCUT2D eigenvalue weighted by atomic mass is 10.2. The van der Waals surface area contributed by atoms with Gasteiger partial charge in [-0.3, -0.25) is 10.1 Å². The molecular formula is C12H17N3O5. The molecule has 0 bridgehead atoms. The van der Waals surface area contributed by atoms with E-state index in [2.05, 4.69) is 4.98 Å². The third kappa shape index (κ3) is 3.64. The van der Waals surface area contributed by atoms with E-state index in [0.717, 1.165) is 6.20 Å². The summed E-state index contributed by atoms with van der Waals surface area (Å²) in [5.74, 6) is -0.976. The molecule has 1 heterocycles. The zero-order valence-corrected chi connectivity index (χ0v) is 11.6. The number of nitro groups is 1. The molecule has 0 saturated heterocycles. The van der Waals surface area contributed by atoms with Gasteiger partial charge >= 0.3 is 11.7 Å². The molecule has 8 heteroatoms. The van der Waals surface area contributed by atoms with Crippen molar-refractivity contribution in [2.75, 3.05) is 25.2 Å². The van der Waals surface area contributed by atoms with Crippen LogP contribution < -0.4 is 4.90 Å². The summed E-state index contributed by atoms with van der Waals surface area (Å²) in [5, 5.41) is 19.8. The summed E-state index contributed by atoms with van der Waals surface area (Å²) in [5.41, 5.74) is -0.889. The van der Waals surface area contributed by atoms with Crippen LogP contribution in [0.15, 0.2) is 12.3 Å². The van der Waals surface area contributed by atoms with Gasteiger partial charge < -0.3 is 14.7 Å². The maximum Gasteiger partial charge on any atom is 0.342 e. The Hall–Kier alpha value is -2.22. The van der Waals surface area contributed by atoms with E-state index in [1.165, 1.54) is 6.07 Å². The molecule has 0 fully saturated rings. The molecule has 1 N–H and O–H groups in total. The molecule has 0 saturated carbocycles. The van der Waals surface area contributed by atoms with Crippen LogP contribution in [0, 0.1) is 10.1 Å². The van der Waals surface area contributed by atoms with Crippen molar-refractivity contribution in [3.63, 3.8) is 0 Å². The molecule has 0 aliphatic carbocycles. The molecule has 8 nitrogen and oxygen atoms in total. The predicted molar refractivity (Wildman–Crippen MR) is 72.2 cm³/mol. The summed E-state index contributed by atoms with van der Waals surface area (Å²) in [6.45, 7) is 4.79. The first-order valence-corrected chi connectivity index (χ1v) is 6.01. The lowest BCUT2D eigenvalue weighted by Gasteiger charge is -2.27. The second-order valence-corrected chi connectivity index (χ2v) is 4.40. The van der Waals surface area contributed by atoms with E-state index in [1.54, 1.807) is 7.11 Å². The molecule has 0 aliphatic heterocycles. The number of rotatable bonds is 7. The van der Waals surface area contributed by atoms with Crippen LogP contribution in [0.5, 0.6) is 0 Å². The van der Waals surface area contributed by atoms with E-state index >= 15 is 0 Å². The number of carboxylic acid groups (broad SMARTS) is 1. The molecule has 1 rings (SSSR count). The van der Waals surface area contributed by atoms with E-state index in [-0.39, 0.29) is 11.6 Å². The minimum atomic E-state index is -1.35. The minimum absolute atomic E-state index is 0.0563. The van der Waals surface area contributed by atoms with E-state index in [0.29, 0.717) is 19.0 Å². The number of ether oxygens (including phenoxy) is 1. The van der Waals surface area contributed by atoms with Crippen molar-refractivity contribution < 1.29 is 19.6 Å². The van der Waals surface area contributed by atoms with Crippen molar-refractivity contribution in [3.8, 4) is 0 Å². The fraction of sp³-hybridized carbons (Fsp3) is 0.500. The van der Waals surface area contributed by atoms with Gasteiger partial charge in [0.1, 0.15) is 17.6 Å². The lowest BCUT2D eigenvalue weighted by Crippen LogP contribution is -2.34. The van der Waals surface area contributed by atoms with Crippen molar-refractivity contribution in [1.82, 2.24) is 4.98 Å². The number of carbonyl (C=O) groups is 1. The quantitative estimate of drug-likeness (QED) is 0.597. The summed E-state index contributed by atoms with van der Waals surface area (Å²) < 4.78 is 4.99. The predicted octanol–water partition coefficient (Wildman–Crippen LogP) is 1.55. The van der Waals surface area contributed by atoms with E-state index < -0.39 is 16.6 Å². The second-order valence-electron chi connectivity index (χ2n) is 4.40. The summed E-state index contributed by atoms with van der Waals surface area (Å²) in [6.07, 6.45) is 0.973. The average Bonchev–Trinajstić information content (AvgIpc) is 2.38. The highest BCUT2D eigenvalue weighted by Gasteiger charge is 2.23. The Morgan fingerprint density at radius 1 is 1.60 bits per heavy atom. The van der Waals surface area contributed by atoms with E-state index in [4.69, 9.17) is 9.84 Å². The van der Waals surface area contributed by atoms with Gasteiger partial charge in [-0.15, -0.1) is 0 Å². The van der Waals surface area contributed by atoms with Crippen LogP contribution in [0.4, 0.5) is 11.5 Å². The van der Waals surface area contributed by atoms with E-state index in [1.807, 2.05) is 18.7 Å². The number of anilines is 1. The molecular weight excluding hydrogens is 266 g/mol. The number of pyridine rings is 1. The zero-order chi connectivity index (χ0) is 15.3. The van der Waals surface area contributed by atoms with Crippen molar-refractivity contribution >= 4 is 17.5 Å². The molecule has 20 heavy (non-hydrogen) atoms. The van der Waals surface area contributed by atoms with Gasteiger partial charge in [0.2, 0.25) is 0 Å². The Balaban J connectivity index is 3.20. The topological polar surface area (TPSA) is 106 Å². The number of methoxy groups -OCH3 is 1. The van der Waals surface area contributed by atoms with Gasteiger partial charge in [-0.1, -0.05) is 0 Å². The zero-order valence-electron chi connectivity index (χ0n) is 11.6. The highest BCUT2D eigenvalue weighted by molar-refractivity contribution is 5.93. The Bertz CT molecular complexity index is 504. The number of aromatic nitrogens is 1. The van der Waals surface area contributed by atoms with Gasteiger partial charge in [-0.25, -0.2) is 9.78 Å². The van der Waals surface area contributed by atoms with Crippen LogP contribution in [-0.2, 0) is 4.74 Å². The van der Waals surface area contributed by atoms with Crippen LogP contribution in [0.2, 0.25) is 0 Å².